The van der Waals surface area contributed by atoms with Gasteiger partial charge < -0.3 is 4.74 Å². The topological polar surface area (TPSA) is 26.3 Å². The predicted molar refractivity (Wildman–Crippen MR) is 96.0 cm³/mol. The molecule has 0 aromatic carbocycles. The summed E-state index contributed by atoms with van der Waals surface area (Å²) in [4.78, 5) is 11.5. The number of ether oxygens (including phenoxy) is 1. The second-order valence-corrected chi connectivity index (χ2v) is 7.52. The maximum Gasteiger partial charge on any atom is 0.305 e. The van der Waals surface area contributed by atoms with E-state index in [1.807, 2.05) is 0 Å². The van der Waals surface area contributed by atoms with E-state index in [1.54, 1.807) is 0 Å². The lowest BCUT2D eigenvalue weighted by Gasteiger charge is -2.06. The highest BCUT2D eigenvalue weighted by Gasteiger charge is 2.03. The Morgan fingerprint density at radius 2 is 1.14 bits per heavy atom. The van der Waals surface area contributed by atoms with Crippen LogP contribution in [0.15, 0.2) is 0 Å². The van der Waals surface area contributed by atoms with Gasteiger partial charge in [0.25, 0.3) is 0 Å². The smallest absolute Gasteiger partial charge is 0.305 e. The second kappa shape index (κ2) is 15.4. The fraction of sp³-hybridized carbons (Fsp3) is 0.950. The van der Waals surface area contributed by atoms with Crippen molar-refractivity contribution in [3.63, 3.8) is 0 Å². The number of esters is 1. The number of unbranched alkanes of at least 4 members (excludes halogenated alkanes) is 7. The Morgan fingerprint density at radius 1 is 0.682 bits per heavy atom. The van der Waals surface area contributed by atoms with Crippen LogP contribution in [-0.4, -0.2) is 12.6 Å². The Bertz CT molecular complexity index is 246. The van der Waals surface area contributed by atoms with Crippen molar-refractivity contribution in [2.45, 2.75) is 105 Å². The normalized spacial score (nSPS) is 11.4. The Labute approximate surface area is 139 Å². The number of rotatable bonds is 15. The summed E-state index contributed by atoms with van der Waals surface area (Å²) in [6.45, 7) is 9.67. The first-order valence-electron chi connectivity index (χ1n) is 9.68. The van der Waals surface area contributed by atoms with Crippen molar-refractivity contribution in [1.82, 2.24) is 0 Å². The van der Waals surface area contributed by atoms with E-state index >= 15 is 0 Å². The van der Waals surface area contributed by atoms with Crippen LogP contribution >= 0.6 is 0 Å². The molecule has 0 bridgehead atoms. The van der Waals surface area contributed by atoms with Crippen molar-refractivity contribution in [3.05, 3.63) is 0 Å². The molecule has 0 saturated heterocycles. The van der Waals surface area contributed by atoms with Gasteiger partial charge >= 0.3 is 5.97 Å². The first-order chi connectivity index (χ1) is 10.5. The zero-order chi connectivity index (χ0) is 16.6. The van der Waals surface area contributed by atoms with Crippen molar-refractivity contribution < 1.29 is 9.53 Å². The molecule has 132 valence electrons. The highest BCUT2D eigenvalue weighted by atomic mass is 16.5. The summed E-state index contributed by atoms with van der Waals surface area (Å²) in [6, 6.07) is 0. The maximum absolute atomic E-state index is 11.5. The molecular formula is C20H40O2. The molecule has 0 atom stereocenters. The number of hydrogen-bond acceptors (Lipinski definition) is 2. The van der Waals surface area contributed by atoms with Gasteiger partial charge in [0, 0.05) is 6.42 Å². The fourth-order valence-electron chi connectivity index (χ4n) is 2.62. The molecule has 0 aliphatic heterocycles. The molecule has 0 heterocycles. The largest absolute Gasteiger partial charge is 0.466 e. The van der Waals surface area contributed by atoms with E-state index in [9.17, 15) is 4.79 Å². The average Bonchev–Trinajstić information content (AvgIpc) is 2.45. The van der Waals surface area contributed by atoms with Crippen LogP contribution in [0.4, 0.5) is 0 Å². The molecule has 0 aliphatic carbocycles. The van der Waals surface area contributed by atoms with Crippen LogP contribution in [0.1, 0.15) is 105 Å². The van der Waals surface area contributed by atoms with E-state index in [-0.39, 0.29) is 5.97 Å². The maximum atomic E-state index is 11.5. The number of carbonyl (C=O) groups excluding carboxylic acids is 1. The van der Waals surface area contributed by atoms with Gasteiger partial charge in [-0.3, -0.25) is 4.79 Å². The van der Waals surface area contributed by atoms with Gasteiger partial charge in [-0.1, -0.05) is 85.5 Å². The lowest BCUT2D eigenvalue weighted by Crippen LogP contribution is -2.05. The van der Waals surface area contributed by atoms with Gasteiger partial charge in [0.1, 0.15) is 0 Å². The fourth-order valence-corrected chi connectivity index (χ4v) is 2.62. The molecule has 0 spiro atoms. The Kier molecular flexibility index (Phi) is 15.0. The van der Waals surface area contributed by atoms with Gasteiger partial charge in [-0.25, -0.2) is 0 Å². The minimum Gasteiger partial charge on any atom is -0.466 e. The standard InChI is InChI=1S/C20H40O2/c1-18(2)14-10-8-6-5-7-9-13-17-22-20(21)16-12-11-15-19(3)4/h18-19H,5-17H2,1-4H3. The summed E-state index contributed by atoms with van der Waals surface area (Å²) < 4.78 is 5.28. The van der Waals surface area contributed by atoms with Crippen molar-refractivity contribution in [2.75, 3.05) is 6.61 Å². The number of carbonyl (C=O) groups is 1. The minimum atomic E-state index is -0.00237. The summed E-state index contributed by atoms with van der Waals surface area (Å²) in [5, 5.41) is 0. The minimum absolute atomic E-state index is 0.00237. The molecule has 0 aromatic rings. The molecule has 0 rings (SSSR count). The summed E-state index contributed by atoms with van der Waals surface area (Å²) in [5.41, 5.74) is 0. The van der Waals surface area contributed by atoms with Crippen LogP contribution in [-0.2, 0) is 9.53 Å². The molecule has 0 aromatic heterocycles. The van der Waals surface area contributed by atoms with E-state index in [4.69, 9.17) is 4.74 Å². The first-order valence-corrected chi connectivity index (χ1v) is 9.68. The van der Waals surface area contributed by atoms with E-state index in [0.717, 1.165) is 31.1 Å². The van der Waals surface area contributed by atoms with E-state index in [0.29, 0.717) is 13.0 Å². The third-order valence-electron chi connectivity index (χ3n) is 4.10. The molecule has 0 unspecified atom stereocenters. The monoisotopic (exact) mass is 312 g/mol. The van der Waals surface area contributed by atoms with Gasteiger partial charge in [-0.15, -0.1) is 0 Å². The van der Waals surface area contributed by atoms with Gasteiger partial charge in [-0.05, 0) is 24.7 Å². The summed E-state index contributed by atoms with van der Waals surface area (Å²) in [5.74, 6) is 1.58. The van der Waals surface area contributed by atoms with E-state index < -0.39 is 0 Å². The van der Waals surface area contributed by atoms with E-state index in [1.165, 1.54) is 51.4 Å². The zero-order valence-corrected chi connectivity index (χ0v) is 15.7. The van der Waals surface area contributed by atoms with Gasteiger partial charge in [0.05, 0.1) is 6.61 Å². The van der Waals surface area contributed by atoms with Crippen molar-refractivity contribution in [1.29, 1.82) is 0 Å². The summed E-state index contributed by atoms with van der Waals surface area (Å²) in [7, 11) is 0. The average molecular weight is 313 g/mol. The highest BCUT2D eigenvalue weighted by molar-refractivity contribution is 5.69. The molecule has 0 amide bonds. The third-order valence-corrected chi connectivity index (χ3v) is 4.10. The molecule has 22 heavy (non-hydrogen) atoms. The molecule has 0 N–H and O–H groups in total. The molecule has 0 saturated carbocycles. The van der Waals surface area contributed by atoms with Crippen LogP contribution in [0.3, 0.4) is 0 Å². The SMILES string of the molecule is CC(C)CCCCCCCCCOC(=O)CCCCC(C)C. The lowest BCUT2D eigenvalue weighted by molar-refractivity contribution is -0.143. The zero-order valence-electron chi connectivity index (χ0n) is 15.7. The van der Waals surface area contributed by atoms with Crippen molar-refractivity contribution in [2.24, 2.45) is 11.8 Å². The molecule has 2 heteroatoms. The van der Waals surface area contributed by atoms with Crippen molar-refractivity contribution in [3.8, 4) is 0 Å². The quantitative estimate of drug-likeness (QED) is 0.254. The predicted octanol–water partition coefficient (Wildman–Crippen LogP) is 6.52. The molecule has 0 fully saturated rings. The van der Waals surface area contributed by atoms with Gasteiger partial charge in [0.15, 0.2) is 0 Å². The van der Waals surface area contributed by atoms with Crippen LogP contribution < -0.4 is 0 Å². The third kappa shape index (κ3) is 17.5. The number of hydrogen-bond donors (Lipinski definition) is 0. The Hall–Kier alpha value is -0.530. The first kappa shape index (κ1) is 21.5. The van der Waals surface area contributed by atoms with Gasteiger partial charge in [-0.2, -0.15) is 0 Å². The van der Waals surface area contributed by atoms with Crippen LogP contribution in [0.2, 0.25) is 0 Å². The highest BCUT2D eigenvalue weighted by Crippen LogP contribution is 2.12. The molecular weight excluding hydrogens is 272 g/mol. The van der Waals surface area contributed by atoms with Crippen LogP contribution in [0.25, 0.3) is 0 Å². The van der Waals surface area contributed by atoms with Crippen molar-refractivity contribution >= 4 is 5.97 Å². The molecule has 0 aliphatic rings. The summed E-state index contributed by atoms with van der Waals surface area (Å²) in [6.07, 6.45) is 14.3. The van der Waals surface area contributed by atoms with Crippen LogP contribution in [0.5, 0.6) is 0 Å². The Balaban J connectivity index is 3.17. The van der Waals surface area contributed by atoms with Crippen LogP contribution in [0, 0.1) is 11.8 Å². The van der Waals surface area contributed by atoms with E-state index in [2.05, 4.69) is 27.7 Å². The molecule has 0 radical (unpaired) electrons. The van der Waals surface area contributed by atoms with Gasteiger partial charge in [0.2, 0.25) is 0 Å². The summed E-state index contributed by atoms with van der Waals surface area (Å²) >= 11 is 0. The Morgan fingerprint density at radius 3 is 1.68 bits per heavy atom. The lowest BCUT2D eigenvalue weighted by atomic mass is 10.0. The molecule has 2 nitrogen and oxygen atoms in total. The second-order valence-electron chi connectivity index (χ2n) is 7.52.